The van der Waals surface area contributed by atoms with E-state index in [-0.39, 0.29) is 24.0 Å². The van der Waals surface area contributed by atoms with Crippen LogP contribution in [0.5, 0.6) is 5.75 Å². The van der Waals surface area contributed by atoms with E-state index in [2.05, 4.69) is 32.1 Å². The summed E-state index contributed by atoms with van der Waals surface area (Å²) in [4.78, 5) is 11.6. The molecule has 0 spiro atoms. The molecule has 164 valence electrons. The first-order valence-electron chi connectivity index (χ1n) is 10.9. The highest BCUT2D eigenvalue weighted by molar-refractivity contribution is 14.0. The summed E-state index contributed by atoms with van der Waals surface area (Å²) in [7, 11) is 4.15. The summed E-state index contributed by atoms with van der Waals surface area (Å²) >= 11 is 0. The lowest BCUT2D eigenvalue weighted by Crippen LogP contribution is -2.52. The van der Waals surface area contributed by atoms with Crippen LogP contribution in [0.15, 0.2) is 29.3 Å². The standard InChI is InChI=1S/C22H37N5O.HI/c1-23-22(24-13-8-14-25(2)19-9-4-3-5-10-19)27-17-15-26(16-18-27)20-11-6-7-12-21(20)28;/h6-7,11-12,19,28H,3-5,8-10,13-18H2,1-2H3,(H,23,24);1H. The molecule has 2 fully saturated rings. The Morgan fingerprint density at radius 3 is 2.48 bits per heavy atom. The van der Waals surface area contributed by atoms with Gasteiger partial charge in [-0.25, -0.2) is 0 Å². The molecule has 0 radical (unpaired) electrons. The zero-order valence-corrected chi connectivity index (χ0v) is 20.3. The number of hydrogen-bond acceptors (Lipinski definition) is 4. The minimum atomic E-state index is 0. The second-order valence-electron chi connectivity index (χ2n) is 8.06. The topological polar surface area (TPSA) is 54.3 Å². The van der Waals surface area contributed by atoms with Crippen LogP contribution in [0.25, 0.3) is 0 Å². The van der Waals surface area contributed by atoms with Crippen molar-refractivity contribution in [3.63, 3.8) is 0 Å². The Labute approximate surface area is 193 Å². The number of phenols is 1. The Morgan fingerprint density at radius 2 is 1.83 bits per heavy atom. The molecule has 0 bridgehead atoms. The Hall–Kier alpha value is -1.22. The molecular formula is C22H38IN5O. The van der Waals surface area contributed by atoms with Gasteiger partial charge >= 0.3 is 0 Å². The van der Waals surface area contributed by atoms with E-state index in [1.807, 2.05) is 25.2 Å². The maximum absolute atomic E-state index is 10.1. The van der Waals surface area contributed by atoms with E-state index < -0.39 is 0 Å². The minimum Gasteiger partial charge on any atom is -0.506 e. The molecule has 1 saturated carbocycles. The summed E-state index contributed by atoms with van der Waals surface area (Å²) in [5.74, 6) is 1.36. The second kappa shape index (κ2) is 12.5. The first-order valence-corrected chi connectivity index (χ1v) is 10.9. The highest BCUT2D eigenvalue weighted by atomic mass is 127. The molecule has 0 atom stereocenters. The third kappa shape index (κ3) is 6.91. The molecule has 0 unspecified atom stereocenters. The van der Waals surface area contributed by atoms with Crippen LogP contribution in [0.3, 0.4) is 0 Å². The summed E-state index contributed by atoms with van der Waals surface area (Å²) in [5.41, 5.74) is 0.927. The quantitative estimate of drug-likeness (QED) is 0.264. The molecule has 0 amide bonds. The number of nitrogens with one attached hydrogen (secondary N) is 1. The molecule has 1 aliphatic heterocycles. The number of benzene rings is 1. The summed E-state index contributed by atoms with van der Waals surface area (Å²) in [6, 6.07) is 8.38. The number of halogens is 1. The van der Waals surface area contributed by atoms with Crippen molar-refractivity contribution in [2.24, 2.45) is 4.99 Å². The number of anilines is 1. The predicted octanol–water partition coefficient (Wildman–Crippen LogP) is 3.36. The first kappa shape index (κ1) is 24.1. The summed E-state index contributed by atoms with van der Waals surface area (Å²) < 4.78 is 0. The van der Waals surface area contributed by atoms with Crippen LogP contribution in [-0.2, 0) is 0 Å². The SMILES string of the molecule is CN=C(NCCCN(C)C1CCCCC1)N1CCN(c2ccccc2O)CC1.I. The van der Waals surface area contributed by atoms with E-state index >= 15 is 0 Å². The lowest BCUT2D eigenvalue weighted by Gasteiger charge is -2.38. The molecule has 7 heteroatoms. The second-order valence-corrected chi connectivity index (χ2v) is 8.06. The summed E-state index contributed by atoms with van der Waals surface area (Å²) in [6.45, 7) is 5.72. The Balaban J connectivity index is 0.00000300. The fourth-order valence-corrected chi connectivity index (χ4v) is 4.46. The number of para-hydroxylation sites is 2. The largest absolute Gasteiger partial charge is 0.506 e. The van der Waals surface area contributed by atoms with Crippen molar-refractivity contribution in [1.82, 2.24) is 15.1 Å². The van der Waals surface area contributed by atoms with Crippen LogP contribution in [-0.4, -0.2) is 80.3 Å². The average molecular weight is 515 g/mol. The number of phenolic OH excluding ortho intramolecular Hbond substituents is 1. The fourth-order valence-electron chi connectivity index (χ4n) is 4.46. The van der Waals surface area contributed by atoms with Crippen molar-refractivity contribution in [3.05, 3.63) is 24.3 Å². The molecule has 1 saturated heterocycles. The Kier molecular flexibility index (Phi) is 10.3. The smallest absolute Gasteiger partial charge is 0.193 e. The number of nitrogens with zero attached hydrogens (tertiary/aromatic N) is 4. The lowest BCUT2D eigenvalue weighted by molar-refractivity contribution is 0.190. The van der Waals surface area contributed by atoms with Gasteiger partial charge in [0.25, 0.3) is 0 Å². The first-order chi connectivity index (χ1) is 13.7. The van der Waals surface area contributed by atoms with Crippen molar-refractivity contribution < 1.29 is 5.11 Å². The third-order valence-electron chi connectivity index (χ3n) is 6.18. The van der Waals surface area contributed by atoms with Gasteiger partial charge in [-0.3, -0.25) is 4.99 Å². The van der Waals surface area contributed by atoms with Gasteiger partial charge in [-0.1, -0.05) is 31.4 Å². The number of rotatable bonds is 6. The van der Waals surface area contributed by atoms with E-state index in [1.54, 1.807) is 6.07 Å². The van der Waals surface area contributed by atoms with Crippen LogP contribution in [0.2, 0.25) is 0 Å². The molecule has 1 heterocycles. The normalized spacial score (nSPS) is 18.7. The van der Waals surface area contributed by atoms with Gasteiger partial charge in [0.1, 0.15) is 5.75 Å². The van der Waals surface area contributed by atoms with E-state index in [0.29, 0.717) is 5.75 Å². The number of hydrogen-bond donors (Lipinski definition) is 2. The van der Waals surface area contributed by atoms with E-state index in [0.717, 1.165) is 63.4 Å². The van der Waals surface area contributed by atoms with Gasteiger partial charge in [0.15, 0.2) is 5.96 Å². The zero-order valence-electron chi connectivity index (χ0n) is 18.0. The molecule has 1 aromatic rings. The molecule has 3 rings (SSSR count). The Morgan fingerprint density at radius 1 is 1.14 bits per heavy atom. The highest BCUT2D eigenvalue weighted by Crippen LogP contribution is 2.27. The maximum Gasteiger partial charge on any atom is 0.193 e. The molecule has 2 N–H and O–H groups in total. The molecule has 6 nitrogen and oxygen atoms in total. The molecule has 1 aliphatic carbocycles. The maximum atomic E-state index is 10.1. The molecule has 2 aliphatic rings. The molecule has 1 aromatic carbocycles. The number of aliphatic imine (C=N–C) groups is 1. The van der Waals surface area contributed by atoms with Crippen LogP contribution in [0.1, 0.15) is 38.5 Å². The van der Waals surface area contributed by atoms with Gasteiger partial charge in [0.2, 0.25) is 0 Å². The predicted molar refractivity (Wildman–Crippen MR) is 133 cm³/mol. The average Bonchev–Trinajstić information content (AvgIpc) is 2.75. The number of aromatic hydroxyl groups is 1. The van der Waals surface area contributed by atoms with Crippen molar-refractivity contribution >= 4 is 35.6 Å². The summed E-state index contributed by atoms with van der Waals surface area (Å²) in [5, 5.41) is 13.6. The Bertz CT molecular complexity index is 627. The van der Waals surface area contributed by atoms with E-state index in [4.69, 9.17) is 0 Å². The lowest BCUT2D eigenvalue weighted by atomic mass is 9.94. The van der Waals surface area contributed by atoms with E-state index in [1.165, 1.54) is 32.1 Å². The highest BCUT2D eigenvalue weighted by Gasteiger charge is 2.21. The van der Waals surface area contributed by atoms with E-state index in [9.17, 15) is 5.11 Å². The van der Waals surface area contributed by atoms with Gasteiger partial charge in [-0.2, -0.15) is 0 Å². The summed E-state index contributed by atoms with van der Waals surface area (Å²) in [6.07, 6.45) is 8.09. The minimum absolute atomic E-state index is 0. The van der Waals surface area contributed by atoms with Crippen LogP contribution >= 0.6 is 24.0 Å². The van der Waals surface area contributed by atoms with Crippen molar-refractivity contribution in [1.29, 1.82) is 0 Å². The van der Waals surface area contributed by atoms with Crippen molar-refractivity contribution in [2.45, 2.75) is 44.6 Å². The van der Waals surface area contributed by atoms with Crippen LogP contribution < -0.4 is 10.2 Å². The van der Waals surface area contributed by atoms with Crippen molar-refractivity contribution in [3.8, 4) is 5.75 Å². The van der Waals surface area contributed by atoms with Gasteiger partial charge in [0, 0.05) is 45.8 Å². The third-order valence-corrected chi connectivity index (χ3v) is 6.18. The van der Waals surface area contributed by atoms with Crippen LogP contribution in [0, 0.1) is 0 Å². The number of piperazine rings is 1. The van der Waals surface area contributed by atoms with Crippen molar-refractivity contribution in [2.75, 3.05) is 58.3 Å². The monoisotopic (exact) mass is 515 g/mol. The van der Waals surface area contributed by atoms with Gasteiger partial charge in [0.05, 0.1) is 5.69 Å². The molecule has 0 aromatic heterocycles. The molecule has 29 heavy (non-hydrogen) atoms. The number of guanidine groups is 1. The molecular weight excluding hydrogens is 477 g/mol. The van der Waals surface area contributed by atoms with Gasteiger partial charge < -0.3 is 25.1 Å². The zero-order chi connectivity index (χ0) is 19.8. The van der Waals surface area contributed by atoms with Gasteiger partial charge in [-0.05, 0) is 45.0 Å². The fraction of sp³-hybridized carbons (Fsp3) is 0.682. The van der Waals surface area contributed by atoms with Crippen LogP contribution in [0.4, 0.5) is 5.69 Å². The van der Waals surface area contributed by atoms with Gasteiger partial charge in [-0.15, -0.1) is 24.0 Å².